The van der Waals surface area contributed by atoms with Crippen molar-refractivity contribution in [3.8, 4) is 0 Å². The van der Waals surface area contributed by atoms with Gasteiger partial charge in [0.1, 0.15) is 17.5 Å². The summed E-state index contributed by atoms with van der Waals surface area (Å²) >= 11 is 0. The van der Waals surface area contributed by atoms with Crippen LogP contribution in [0.2, 0.25) is 0 Å². The molecule has 3 aromatic rings. The lowest BCUT2D eigenvalue weighted by atomic mass is 10.1. The first-order chi connectivity index (χ1) is 12.1. The second-order valence-electron chi connectivity index (χ2n) is 5.69. The van der Waals surface area contributed by atoms with E-state index >= 15 is 0 Å². The van der Waals surface area contributed by atoms with E-state index in [1.54, 1.807) is 19.9 Å². The highest BCUT2D eigenvalue weighted by Crippen LogP contribution is 2.12. The van der Waals surface area contributed by atoms with E-state index in [0.717, 1.165) is 5.56 Å². The van der Waals surface area contributed by atoms with Crippen LogP contribution in [0.15, 0.2) is 45.4 Å². The van der Waals surface area contributed by atoms with Crippen LogP contribution in [0.3, 0.4) is 0 Å². The van der Waals surface area contributed by atoms with Crippen molar-refractivity contribution in [2.75, 3.05) is 0 Å². The molecule has 1 aromatic carbocycles. The molecule has 8 heteroatoms. The van der Waals surface area contributed by atoms with Crippen LogP contribution in [0, 0.1) is 6.92 Å². The van der Waals surface area contributed by atoms with Gasteiger partial charge in [-0.2, -0.15) is 4.98 Å². The van der Waals surface area contributed by atoms with E-state index in [-0.39, 0.29) is 12.6 Å². The van der Waals surface area contributed by atoms with Crippen molar-refractivity contribution in [3.05, 3.63) is 65.1 Å². The molecule has 3 rings (SSSR count). The van der Waals surface area contributed by atoms with Crippen molar-refractivity contribution in [1.82, 2.24) is 25.9 Å². The third-order valence-corrected chi connectivity index (χ3v) is 3.51. The molecular formula is C17H19N5O3. The molecule has 8 nitrogen and oxygen atoms in total. The second-order valence-corrected chi connectivity index (χ2v) is 5.69. The van der Waals surface area contributed by atoms with Gasteiger partial charge in [-0.25, -0.2) is 4.79 Å². The molecule has 0 saturated carbocycles. The van der Waals surface area contributed by atoms with Crippen LogP contribution < -0.4 is 10.6 Å². The van der Waals surface area contributed by atoms with Gasteiger partial charge in [-0.3, -0.25) is 0 Å². The molecule has 0 aliphatic heterocycles. The number of benzene rings is 1. The minimum atomic E-state index is -0.406. The zero-order valence-corrected chi connectivity index (χ0v) is 14.0. The van der Waals surface area contributed by atoms with Crippen molar-refractivity contribution >= 4 is 6.03 Å². The van der Waals surface area contributed by atoms with Crippen LogP contribution in [-0.4, -0.2) is 21.3 Å². The van der Waals surface area contributed by atoms with Gasteiger partial charge in [-0.1, -0.05) is 40.6 Å². The van der Waals surface area contributed by atoms with Gasteiger partial charge < -0.3 is 19.7 Å². The average molecular weight is 341 g/mol. The van der Waals surface area contributed by atoms with Crippen LogP contribution >= 0.6 is 0 Å². The highest BCUT2D eigenvalue weighted by atomic mass is 16.5. The lowest BCUT2D eigenvalue weighted by Crippen LogP contribution is -2.36. The summed E-state index contributed by atoms with van der Waals surface area (Å²) in [4.78, 5) is 16.3. The van der Waals surface area contributed by atoms with Crippen LogP contribution in [0.25, 0.3) is 0 Å². The molecule has 1 atom stereocenters. The van der Waals surface area contributed by atoms with Gasteiger partial charge in [0.05, 0.1) is 6.54 Å². The monoisotopic (exact) mass is 341 g/mol. The molecule has 25 heavy (non-hydrogen) atoms. The molecule has 0 saturated heterocycles. The molecular weight excluding hydrogens is 322 g/mol. The first kappa shape index (κ1) is 16.7. The Morgan fingerprint density at radius 2 is 2.00 bits per heavy atom. The van der Waals surface area contributed by atoms with Gasteiger partial charge >= 0.3 is 6.03 Å². The Kier molecular flexibility index (Phi) is 5.08. The standard InChI is InChI=1S/C17H19N5O3/c1-11-8-14(21-24-11)10-18-17(23)19-12(2)16-20-15(22-25-16)9-13-6-4-3-5-7-13/h3-8,12H,9-10H2,1-2H3,(H2,18,19,23)/t12-/m0/s1. The third-order valence-electron chi connectivity index (χ3n) is 3.51. The molecule has 2 N–H and O–H groups in total. The molecule has 0 aliphatic rings. The first-order valence-electron chi connectivity index (χ1n) is 7.93. The van der Waals surface area contributed by atoms with Crippen LogP contribution in [-0.2, 0) is 13.0 Å². The van der Waals surface area contributed by atoms with Gasteiger partial charge in [-0.05, 0) is 19.4 Å². The summed E-state index contributed by atoms with van der Waals surface area (Å²) in [6.45, 7) is 3.85. The van der Waals surface area contributed by atoms with E-state index in [0.29, 0.717) is 29.6 Å². The van der Waals surface area contributed by atoms with Crippen molar-refractivity contribution in [3.63, 3.8) is 0 Å². The van der Waals surface area contributed by atoms with Crippen LogP contribution in [0.5, 0.6) is 0 Å². The Hall–Kier alpha value is -3.16. The number of amides is 2. The molecule has 0 spiro atoms. The summed E-state index contributed by atoms with van der Waals surface area (Å²) < 4.78 is 10.2. The Morgan fingerprint density at radius 1 is 1.20 bits per heavy atom. The highest BCUT2D eigenvalue weighted by Gasteiger charge is 2.17. The molecule has 0 aliphatic carbocycles. The Labute approximate surface area is 144 Å². The van der Waals surface area contributed by atoms with Crippen molar-refractivity contribution in [2.45, 2.75) is 32.9 Å². The van der Waals surface area contributed by atoms with Gasteiger partial charge in [-0.15, -0.1) is 0 Å². The number of aryl methyl sites for hydroxylation is 1. The fourth-order valence-electron chi connectivity index (χ4n) is 2.28. The molecule has 2 heterocycles. The highest BCUT2D eigenvalue weighted by molar-refractivity contribution is 5.74. The Bertz CT molecular complexity index is 828. The van der Waals surface area contributed by atoms with Crippen LogP contribution in [0.1, 0.15) is 41.7 Å². The Balaban J connectivity index is 1.50. The summed E-state index contributed by atoms with van der Waals surface area (Å²) in [6, 6.07) is 10.9. The number of nitrogens with zero attached hydrogens (tertiary/aromatic N) is 3. The SMILES string of the molecule is Cc1cc(CNC(=O)N[C@@H](C)c2nc(Cc3ccccc3)no2)no1. The van der Waals surface area contributed by atoms with Crippen molar-refractivity contribution in [1.29, 1.82) is 0 Å². The average Bonchev–Trinajstić information content (AvgIpc) is 3.23. The number of aromatic nitrogens is 3. The predicted molar refractivity (Wildman–Crippen MR) is 88.6 cm³/mol. The van der Waals surface area contributed by atoms with E-state index in [1.807, 2.05) is 30.3 Å². The largest absolute Gasteiger partial charge is 0.361 e. The molecule has 130 valence electrons. The fraction of sp³-hybridized carbons (Fsp3) is 0.294. The number of hydrogen-bond acceptors (Lipinski definition) is 6. The quantitative estimate of drug-likeness (QED) is 0.713. The van der Waals surface area contributed by atoms with E-state index < -0.39 is 6.04 Å². The molecule has 0 unspecified atom stereocenters. The molecule has 0 bridgehead atoms. The summed E-state index contributed by atoms with van der Waals surface area (Å²) in [7, 11) is 0. The van der Waals surface area contributed by atoms with E-state index in [1.165, 1.54) is 0 Å². The van der Waals surface area contributed by atoms with E-state index in [2.05, 4.69) is 25.9 Å². The fourth-order valence-corrected chi connectivity index (χ4v) is 2.28. The number of hydrogen-bond donors (Lipinski definition) is 2. The summed E-state index contributed by atoms with van der Waals surface area (Å²) in [5.74, 6) is 1.63. The normalized spacial score (nSPS) is 11.9. The van der Waals surface area contributed by atoms with Crippen molar-refractivity contribution < 1.29 is 13.8 Å². The van der Waals surface area contributed by atoms with Crippen LogP contribution in [0.4, 0.5) is 4.79 Å². The summed E-state index contributed by atoms with van der Waals surface area (Å²) in [5.41, 5.74) is 1.75. The second kappa shape index (κ2) is 7.61. The van der Waals surface area contributed by atoms with Crippen molar-refractivity contribution in [2.24, 2.45) is 0 Å². The van der Waals surface area contributed by atoms with Gasteiger partial charge in [0.2, 0.25) is 5.89 Å². The summed E-state index contributed by atoms with van der Waals surface area (Å²) in [6.07, 6.45) is 0.578. The number of carbonyl (C=O) groups is 1. The van der Waals surface area contributed by atoms with Gasteiger partial charge in [0.15, 0.2) is 5.82 Å². The minimum Gasteiger partial charge on any atom is -0.361 e. The first-order valence-corrected chi connectivity index (χ1v) is 7.93. The number of carbonyl (C=O) groups excluding carboxylic acids is 1. The molecule has 0 fully saturated rings. The number of urea groups is 1. The van der Waals surface area contributed by atoms with Gasteiger partial charge in [0, 0.05) is 12.5 Å². The lowest BCUT2D eigenvalue weighted by Gasteiger charge is -2.10. The number of rotatable bonds is 6. The zero-order chi connectivity index (χ0) is 17.6. The molecule has 0 radical (unpaired) electrons. The van der Waals surface area contributed by atoms with E-state index in [9.17, 15) is 4.79 Å². The topological polar surface area (TPSA) is 106 Å². The maximum absolute atomic E-state index is 11.9. The predicted octanol–water partition coefficient (Wildman–Crippen LogP) is 2.52. The lowest BCUT2D eigenvalue weighted by molar-refractivity contribution is 0.233. The van der Waals surface area contributed by atoms with Gasteiger partial charge in [0.25, 0.3) is 0 Å². The summed E-state index contributed by atoms with van der Waals surface area (Å²) in [5, 5.41) is 13.2. The maximum Gasteiger partial charge on any atom is 0.315 e. The Morgan fingerprint density at radius 3 is 2.72 bits per heavy atom. The smallest absolute Gasteiger partial charge is 0.315 e. The van der Waals surface area contributed by atoms with E-state index in [4.69, 9.17) is 9.05 Å². The zero-order valence-electron chi connectivity index (χ0n) is 14.0. The molecule has 2 amide bonds. The molecule has 2 aromatic heterocycles. The number of nitrogens with one attached hydrogen (secondary N) is 2. The maximum atomic E-state index is 11.9. The minimum absolute atomic E-state index is 0.277. The third kappa shape index (κ3) is 4.66.